The lowest BCUT2D eigenvalue weighted by molar-refractivity contribution is -0.247. The highest BCUT2D eigenvalue weighted by Gasteiger charge is 2.37. The molecule has 2 aliphatic carbocycles. The largest absolute Gasteiger partial charge is 0.352 e. The minimum atomic E-state index is 0.0868. The Kier molecular flexibility index (Phi) is 6.11. The molecule has 0 radical (unpaired) electrons. The summed E-state index contributed by atoms with van der Waals surface area (Å²) in [5, 5.41) is 0. The lowest BCUT2D eigenvalue weighted by atomic mass is 9.69. The standard InChI is InChI=1S/C19H33IO2/c1-19(2)12-21-18(22-13-19)17-9-7-16(8-10-17)15-5-3-14(11-20)4-6-15/h14-18H,3-13H2,1-2H3. The molecule has 3 rings (SSSR count). The molecule has 22 heavy (non-hydrogen) atoms. The number of rotatable bonds is 3. The van der Waals surface area contributed by atoms with Gasteiger partial charge in [0.2, 0.25) is 0 Å². The molecule has 1 saturated heterocycles. The summed E-state index contributed by atoms with van der Waals surface area (Å²) >= 11 is 2.57. The van der Waals surface area contributed by atoms with E-state index < -0.39 is 0 Å². The predicted octanol–water partition coefficient (Wildman–Crippen LogP) is 5.43. The first-order valence-electron chi connectivity index (χ1n) is 9.36. The van der Waals surface area contributed by atoms with Crippen LogP contribution in [-0.2, 0) is 9.47 Å². The van der Waals surface area contributed by atoms with Gasteiger partial charge in [-0.3, -0.25) is 0 Å². The van der Waals surface area contributed by atoms with Crippen LogP contribution in [0.15, 0.2) is 0 Å². The summed E-state index contributed by atoms with van der Waals surface area (Å²) in [6.45, 7) is 6.17. The first-order chi connectivity index (χ1) is 10.6. The molecule has 0 spiro atoms. The molecule has 1 aliphatic heterocycles. The van der Waals surface area contributed by atoms with Crippen LogP contribution in [0, 0.1) is 29.1 Å². The highest BCUT2D eigenvalue weighted by atomic mass is 127. The highest BCUT2D eigenvalue weighted by molar-refractivity contribution is 14.1. The average molecular weight is 420 g/mol. The van der Waals surface area contributed by atoms with E-state index in [0.717, 1.165) is 31.0 Å². The molecule has 128 valence electrons. The second kappa shape index (κ2) is 7.69. The molecule has 0 aromatic rings. The molecule has 0 unspecified atom stereocenters. The fourth-order valence-electron chi connectivity index (χ4n) is 4.68. The number of ether oxygens (including phenoxy) is 2. The normalized spacial score (nSPS) is 40.5. The SMILES string of the molecule is CC1(C)COC(C2CCC(C3CCC(CI)CC3)CC2)OC1. The van der Waals surface area contributed by atoms with Gasteiger partial charge in [-0.25, -0.2) is 0 Å². The highest BCUT2D eigenvalue weighted by Crippen LogP contribution is 2.43. The third-order valence-electron chi connectivity index (χ3n) is 6.25. The van der Waals surface area contributed by atoms with Crippen LogP contribution in [0.25, 0.3) is 0 Å². The molecule has 0 amide bonds. The number of alkyl halides is 1. The summed E-state index contributed by atoms with van der Waals surface area (Å²) in [6.07, 6.45) is 11.5. The zero-order chi connectivity index (χ0) is 15.6. The molecule has 0 aromatic heterocycles. The van der Waals surface area contributed by atoms with Gasteiger partial charge in [0.05, 0.1) is 13.2 Å². The van der Waals surface area contributed by atoms with E-state index in [1.165, 1.54) is 55.8 Å². The Morgan fingerprint density at radius 3 is 1.73 bits per heavy atom. The van der Waals surface area contributed by atoms with Crippen LogP contribution in [0.4, 0.5) is 0 Å². The van der Waals surface area contributed by atoms with Crippen molar-refractivity contribution < 1.29 is 9.47 Å². The average Bonchev–Trinajstić information content (AvgIpc) is 2.55. The third kappa shape index (κ3) is 4.38. The molecule has 2 saturated carbocycles. The maximum atomic E-state index is 6.02. The summed E-state index contributed by atoms with van der Waals surface area (Å²) in [5.74, 6) is 3.68. The Morgan fingerprint density at radius 2 is 1.23 bits per heavy atom. The molecule has 3 heteroatoms. The Morgan fingerprint density at radius 1 is 0.773 bits per heavy atom. The Hall–Kier alpha value is 0.650. The smallest absolute Gasteiger partial charge is 0.160 e. The van der Waals surface area contributed by atoms with E-state index in [1.54, 1.807) is 0 Å². The lowest BCUT2D eigenvalue weighted by Gasteiger charge is -2.42. The first-order valence-corrected chi connectivity index (χ1v) is 10.9. The van der Waals surface area contributed by atoms with Gasteiger partial charge in [-0.2, -0.15) is 0 Å². The van der Waals surface area contributed by atoms with Crippen molar-refractivity contribution in [1.29, 1.82) is 0 Å². The summed E-state index contributed by atoms with van der Waals surface area (Å²) in [4.78, 5) is 0. The van der Waals surface area contributed by atoms with E-state index in [0.29, 0.717) is 5.92 Å². The van der Waals surface area contributed by atoms with Gasteiger partial charge in [-0.15, -0.1) is 0 Å². The zero-order valence-electron chi connectivity index (χ0n) is 14.4. The molecule has 3 aliphatic rings. The summed E-state index contributed by atoms with van der Waals surface area (Å²) in [6, 6.07) is 0. The van der Waals surface area contributed by atoms with Gasteiger partial charge in [0.25, 0.3) is 0 Å². The van der Waals surface area contributed by atoms with Crippen molar-refractivity contribution in [2.45, 2.75) is 71.5 Å². The zero-order valence-corrected chi connectivity index (χ0v) is 16.5. The number of hydrogen-bond acceptors (Lipinski definition) is 2. The van der Waals surface area contributed by atoms with E-state index in [1.807, 2.05) is 0 Å². The van der Waals surface area contributed by atoms with Crippen molar-refractivity contribution >= 4 is 22.6 Å². The van der Waals surface area contributed by atoms with Gasteiger partial charge < -0.3 is 9.47 Å². The van der Waals surface area contributed by atoms with E-state index in [9.17, 15) is 0 Å². The van der Waals surface area contributed by atoms with Crippen LogP contribution >= 0.6 is 22.6 Å². The van der Waals surface area contributed by atoms with Crippen molar-refractivity contribution in [3.8, 4) is 0 Å². The molecule has 0 bridgehead atoms. The Bertz CT molecular complexity index is 331. The summed E-state index contributed by atoms with van der Waals surface area (Å²) in [5.41, 5.74) is 0.199. The number of halogens is 1. The van der Waals surface area contributed by atoms with E-state index in [4.69, 9.17) is 9.47 Å². The van der Waals surface area contributed by atoms with Crippen molar-refractivity contribution in [3.05, 3.63) is 0 Å². The third-order valence-corrected chi connectivity index (χ3v) is 7.50. The predicted molar refractivity (Wildman–Crippen MR) is 99.3 cm³/mol. The monoisotopic (exact) mass is 420 g/mol. The van der Waals surface area contributed by atoms with E-state index in [-0.39, 0.29) is 11.7 Å². The molecule has 3 fully saturated rings. The fraction of sp³-hybridized carbons (Fsp3) is 1.00. The minimum absolute atomic E-state index is 0.0868. The van der Waals surface area contributed by atoms with Gasteiger partial charge in [0, 0.05) is 15.8 Å². The van der Waals surface area contributed by atoms with Crippen LogP contribution in [0.3, 0.4) is 0 Å². The van der Waals surface area contributed by atoms with Gasteiger partial charge in [-0.05, 0) is 69.1 Å². The Labute approximate surface area is 150 Å². The minimum Gasteiger partial charge on any atom is -0.352 e. The maximum Gasteiger partial charge on any atom is 0.160 e. The van der Waals surface area contributed by atoms with E-state index in [2.05, 4.69) is 36.4 Å². The van der Waals surface area contributed by atoms with Crippen LogP contribution in [0.2, 0.25) is 0 Å². The molecule has 0 aromatic carbocycles. The van der Waals surface area contributed by atoms with Crippen LogP contribution < -0.4 is 0 Å². The van der Waals surface area contributed by atoms with Crippen molar-refractivity contribution in [1.82, 2.24) is 0 Å². The molecule has 0 N–H and O–H groups in total. The van der Waals surface area contributed by atoms with Crippen molar-refractivity contribution in [2.24, 2.45) is 29.1 Å². The fourth-order valence-corrected chi connectivity index (χ4v) is 5.56. The van der Waals surface area contributed by atoms with Crippen LogP contribution in [-0.4, -0.2) is 23.9 Å². The second-order valence-electron chi connectivity index (χ2n) is 8.76. The second-order valence-corrected chi connectivity index (χ2v) is 9.65. The molecule has 2 nitrogen and oxygen atoms in total. The molecular formula is C19H33IO2. The Balaban J connectivity index is 1.41. The van der Waals surface area contributed by atoms with Crippen molar-refractivity contribution in [2.75, 3.05) is 17.6 Å². The number of hydrogen-bond donors (Lipinski definition) is 0. The summed E-state index contributed by atoms with van der Waals surface area (Å²) in [7, 11) is 0. The van der Waals surface area contributed by atoms with Crippen LogP contribution in [0.1, 0.15) is 65.2 Å². The van der Waals surface area contributed by atoms with Gasteiger partial charge in [0.15, 0.2) is 6.29 Å². The van der Waals surface area contributed by atoms with Crippen molar-refractivity contribution in [3.63, 3.8) is 0 Å². The first kappa shape index (κ1) is 17.5. The maximum absolute atomic E-state index is 6.02. The molecule has 1 heterocycles. The van der Waals surface area contributed by atoms with Crippen LogP contribution in [0.5, 0.6) is 0 Å². The van der Waals surface area contributed by atoms with Gasteiger partial charge in [0.1, 0.15) is 0 Å². The molecular weight excluding hydrogens is 387 g/mol. The molecule has 0 atom stereocenters. The van der Waals surface area contributed by atoms with Gasteiger partial charge >= 0.3 is 0 Å². The topological polar surface area (TPSA) is 18.5 Å². The van der Waals surface area contributed by atoms with Gasteiger partial charge in [-0.1, -0.05) is 36.4 Å². The quantitative estimate of drug-likeness (QED) is 0.448. The summed E-state index contributed by atoms with van der Waals surface area (Å²) < 4.78 is 13.4. The lowest BCUT2D eigenvalue weighted by Crippen LogP contribution is -2.42. The van der Waals surface area contributed by atoms with E-state index >= 15 is 0 Å².